The van der Waals surface area contributed by atoms with Crippen molar-refractivity contribution in [3.8, 4) is 0 Å². The van der Waals surface area contributed by atoms with Crippen LogP contribution in [0.3, 0.4) is 0 Å². The van der Waals surface area contributed by atoms with E-state index in [-0.39, 0.29) is 11.7 Å². The van der Waals surface area contributed by atoms with Gasteiger partial charge in [-0.3, -0.25) is 5.41 Å². The molecule has 0 spiro atoms. The first-order valence-corrected chi connectivity index (χ1v) is 5.82. The molecule has 2 aromatic rings. The van der Waals surface area contributed by atoms with Crippen LogP contribution in [0.15, 0.2) is 36.7 Å². The van der Waals surface area contributed by atoms with E-state index in [4.69, 9.17) is 11.1 Å². The average Bonchev–Trinajstić information content (AvgIpc) is 2.42. The van der Waals surface area contributed by atoms with Crippen molar-refractivity contribution < 1.29 is 4.39 Å². The van der Waals surface area contributed by atoms with E-state index in [1.807, 2.05) is 11.8 Å². The van der Waals surface area contributed by atoms with Gasteiger partial charge in [0.05, 0.1) is 0 Å². The average molecular weight is 259 g/mol. The summed E-state index contributed by atoms with van der Waals surface area (Å²) in [5.74, 6) is 0.0403. The molecule has 3 N–H and O–H groups in total. The summed E-state index contributed by atoms with van der Waals surface area (Å²) in [7, 11) is 0. The highest BCUT2D eigenvalue weighted by atomic mass is 19.1. The molecule has 0 aliphatic carbocycles. The first kappa shape index (κ1) is 12.9. The maximum absolute atomic E-state index is 13.0. The second-order valence-electron chi connectivity index (χ2n) is 3.86. The minimum Gasteiger partial charge on any atom is -0.382 e. The molecule has 0 bridgehead atoms. The number of nitrogens with one attached hydrogen (secondary N) is 1. The summed E-state index contributed by atoms with van der Waals surface area (Å²) in [6.45, 7) is 2.53. The third-order valence-electron chi connectivity index (χ3n) is 2.64. The van der Waals surface area contributed by atoms with E-state index in [2.05, 4.69) is 9.97 Å². The van der Waals surface area contributed by atoms with Gasteiger partial charge in [-0.15, -0.1) is 0 Å². The molecule has 19 heavy (non-hydrogen) atoms. The van der Waals surface area contributed by atoms with Crippen LogP contribution in [-0.2, 0) is 0 Å². The van der Waals surface area contributed by atoms with E-state index in [0.29, 0.717) is 18.1 Å². The zero-order valence-corrected chi connectivity index (χ0v) is 10.5. The van der Waals surface area contributed by atoms with Crippen LogP contribution < -0.4 is 10.6 Å². The zero-order chi connectivity index (χ0) is 13.8. The lowest BCUT2D eigenvalue weighted by Crippen LogP contribution is -2.24. The topological polar surface area (TPSA) is 78.9 Å². The number of hydrogen-bond acceptors (Lipinski definition) is 4. The number of rotatable bonds is 4. The van der Waals surface area contributed by atoms with Gasteiger partial charge in [0.25, 0.3) is 0 Å². The molecule has 0 atom stereocenters. The lowest BCUT2D eigenvalue weighted by molar-refractivity contribution is 0.627. The lowest BCUT2D eigenvalue weighted by atomic mass is 10.2. The van der Waals surface area contributed by atoms with E-state index < -0.39 is 0 Å². The molecule has 0 radical (unpaired) electrons. The van der Waals surface area contributed by atoms with E-state index >= 15 is 0 Å². The van der Waals surface area contributed by atoms with E-state index in [1.165, 1.54) is 24.5 Å². The van der Waals surface area contributed by atoms with Crippen molar-refractivity contribution in [2.45, 2.75) is 6.92 Å². The molecule has 6 heteroatoms. The Hall–Kier alpha value is -2.50. The van der Waals surface area contributed by atoms with E-state index in [1.54, 1.807) is 12.1 Å². The van der Waals surface area contributed by atoms with Gasteiger partial charge in [0.2, 0.25) is 0 Å². The van der Waals surface area contributed by atoms with Crippen molar-refractivity contribution in [2.24, 2.45) is 5.73 Å². The van der Waals surface area contributed by atoms with Crippen molar-refractivity contribution in [2.75, 3.05) is 11.4 Å². The predicted octanol–water partition coefficient (Wildman–Crippen LogP) is 2.06. The Morgan fingerprint density at radius 1 is 1.26 bits per heavy atom. The van der Waals surface area contributed by atoms with Gasteiger partial charge in [0, 0.05) is 24.6 Å². The van der Waals surface area contributed by atoms with Crippen molar-refractivity contribution in [3.63, 3.8) is 0 Å². The van der Waals surface area contributed by atoms with Gasteiger partial charge in [-0.25, -0.2) is 14.4 Å². The molecule has 0 saturated heterocycles. The largest absolute Gasteiger partial charge is 0.382 e. The van der Waals surface area contributed by atoms with Gasteiger partial charge in [0.1, 0.15) is 17.3 Å². The highest BCUT2D eigenvalue weighted by Gasteiger charge is 2.16. The van der Waals surface area contributed by atoms with Crippen molar-refractivity contribution >= 4 is 17.3 Å². The molecule has 1 heterocycles. The maximum Gasteiger partial charge on any atom is 0.162 e. The zero-order valence-electron chi connectivity index (χ0n) is 10.5. The van der Waals surface area contributed by atoms with Gasteiger partial charge in [0.15, 0.2) is 5.82 Å². The quantitative estimate of drug-likeness (QED) is 0.650. The number of aromatic nitrogens is 2. The first-order chi connectivity index (χ1) is 9.13. The molecular weight excluding hydrogens is 245 g/mol. The van der Waals surface area contributed by atoms with Gasteiger partial charge in [-0.2, -0.15) is 0 Å². The molecule has 0 aliphatic heterocycles. The van der Waals surface area contributed by atoms with Crippen molar-refractivity contribution in [1.29, 1.82) is 5.41 Å². The Bertz CT molecular complexity index is 582. The first-order valence-electron chi connectivity index (χ1n) is 5.82. The number of nitrogen functional groups attached to an aromatic ring is 1. The fraction of sp³-hybridized carbons (Fsp3) is 0.154. The van der Waals surface area contributed by atoms with E-state index in [9.17, 15) is 4.39 Å². The van der Waals surface area contributed by atoms with Gasteiger partial charge < -0.3 is 10.6 Å². The highest BCUT2D eigenvalue weighted by molar-refractivity contribution is 5.98. The SMILES string of the molecule is CCN(c1ccc(F)cc1)c1nccnc1C(=N)N. The molecule has 1 aromatic heterocycles. The number of benzene rings is 1. The van der Waals surface area contributed by atoms with Crippen LogP contribution in [0.2, 0.25) is 0 Å². The summed E-state index contributed by atoms with van der Waals surface area (Å²) in [6, 6.07) is 6.05. The van der Waals surface area contributed by atoms with Crippen LogP contribution in [-0.4, -0.2) is 22.3 Å². The number of nitrogens with zero attached hydrogens (tertiary/aromatic N) is 3. The fourth-order valence-corrected chi connectivity index (χ4v) is 1.79. The number of halogens is 1. The monoisotopic (exact) mass is 259 g/mol. The lowest BCUT2D eigenvalue weighted by Gasteiger charge is -2.23. The van der Waals surface area contributed by atoms with Crippen LogP contribution in [0.25, 0.3) is 0 Å². The Balaban J connectivity index is 2.48. The van der Waals surface area contributed by atoms with Crippen LogP contribution in [0.1, 0.15) is 12.6 Å². The highest BCUT2D eigenvalue weighted by Crippen LogP contribution is 2.25. The van der Waals surface area contributed by atoms with Crippen molar-refractivity contribution in [1.82, 2.24) is 9.97 Å². The Morgan fingerprint density at radius 3 is 2.47 bits per heavy atom. The summed E-state index contributed by atoms with van der Waals surface area (Å²) in [6.07, 6.45) is 3.02. The normalized spacial score (nSPS) is 10.2. The minimum absolute atomic E-state index is 0.149. The van der Waals surface area contributed by atoms with Crippen LogP contribution in [0.5, 0.6) is 0 Å². The summed E-state index contributed by atoms with van der Waals surface area (Å²) in [5, 5.41) is 7.53. The summed E-state index contributed by atoms with van der Waals surface area (Å²) >= 11 is 0. The predicted molar refractivity (Wildman–Crippen MR) is 72.1 cm³/mol. The minimum atomic E-state index is -0.300. The Labute approximate surface area is 110 Å². The Kier molecular flexibility index (Phi) is 3.70. The van der Waals surface area contributed by atoms with Gasteiger partial charge in [-0.1, -0.05) is 0 Å². The number of hydrogen-bond donors (Lipinski definition) is 2. The maximum atomic E-state index is 13.0. The summed E-state index contributed by atoms with van der Waals surface area (Å²) in [4.78, 5) is 10.1. The molecule has 0 fully saturated rings. The van der Waals surface area contributed by atoms with Crippen LogP contribution in [0.4, 0.5) is 15.9 Å². The molecule has 0 saturated carbocycles. The summed E-state index contributed by atoms with van der Waals surface area (Å²) < 4.78 is 13.0. The third-order valence-corrected chi connectivity index (χ3v) is 2.64. The molecule has 1 aromatic carbocycles. The van der Waals surface area contributed by atoms with Crippen LogP contribution >= 0.6 is 0 Å². The Morgan fingerprint density at radius 2 is 1.89 bits per heavy atom. The molecule has 5 nitrogen and oxygen atoms in total. The van der Waals surface area contributed by atoms with Gasteiger partial charge >= 0.3 is 0 Å². The third kappa shape index (κ3) is 2.67. The smallest absolute Gasteiger partial charge is 0.162 e. The number of nitrogens with two attached hydrogens (primary N) is 1. The molecule has 98 valence electrons. The molecule has 0 aliphatic rings. The van der Waals surface area contributed by atoms with Crippen LogP contribution in [0, 0.1) is 11.2 Å². The standard InChI is InChI=1S/C13H14FN5/c1-2-19(10-5-3-9(14)4-6-10)13-11(12(15)16)17-7-8-18-13/h3-8H,2H2,1H3,(H3,15,16). The molecule has 0 amide bonds. The molecule has 0 unspecified atom stereocenters. The second kappa shape index (κ2) is 5.43. The number of amidine groups is 1. The molecular formula is C13H14FN5. The summed E-state index contributed by atoms with van der Waals surface area (Å²) in [5.41, 5.74) is 6.59. The number of anilines is 2. The fourth-order valence-electron chi connectivity index (χ4n) is 1.79. The second-order valence-corrected chi connectivity index (χ2v) is 3.86. The van der Waals surface area contributed by atoms with Gasteiger partial charge in [-0.05, 0) is 31.2 Å². The molecule has 2 rings (SSSR count). The van der Waals surface area contributed by atoms with E-state index in [0.717, 1.165) is 5.69 Å². The van der Waals surface area contributed by atoms with Crippen molar-refractivity contribution in [3.05, 3.63) is 48.2 Å².